The number of nitrogens with zero attached hydrogens (tertiary/aromatic N) is 2. The Bertz CT molecular complexity index is 840. The quantitative estimate of drug-likeness (QED) is 0.784. The van der Waals surface area contributed by atoms with Crippen LogP contribution in [0.25, 0.3) is 11.5 Å². The largest absolute Gasteiger partial charge is 0.463 e. The smallest absolute Gasteiger partial charge is 0.275 e. The summed E-state index contributed by atoms with van der Waals surface area (Å²) in [5, 5.41) is 7.21. The van der Waals surface area contributed by atoms with Gasteiger partial charge in [0.25, 0.3) is 5.91 Å². The van der Waals surface area contributed by atoms with Crippen molar-refractivity contribution < 1.29 is 13.9 Å². The second-order valence-electron chi connectivity index (χ2n) is 5.64. The van der Waals surface area contributed by atoms with E-state index in [4.69, 9.17) is 9.15 Å². The van der Waals surface area contributed by atoms with E-state index < -0.39 is 0 Å². The molecule has 6 nitrogen and oxygen atoms in total. The van der Waals surface area contributed by atoms with E-state index in [0.29, 0.717) is 24.6 Å². The van der Waals surface area contributed by atoms with Gasteiger partial charge in [-0.1, -0.05) is 30.3 Å². The predicted molar refractivity (Wildman–Crippen MR) is 87.5 cm³/mol. The Morgan fingerprint density at radius 1 is 1.25 bits per heavy atom. The van der Waals surface area contributed by atoms with Gasteiger partial charge in [-0.05, 0) is 17.7 Å². The van der Waals surface area contributed by atoms with Crippen molar-refractivity contribution in [2.75, 3.05) is 20.3 Å². The zero-order valence-electron chi connectivity index (χ0n) is 13.2. The van der Waals surface area contributed by atoms with Crippen LogP contribution in [0, 0.1) is 0 Å². The van der Waals surface area contributed by atoms with Crippen molar-refractivity contribution in [1.82, 2.24) is 15.1 Å². The molecule has 0 aliphatic carbocycles. The number of methoxy groups -OCH3 is 1. The van der Waals surface area contributed by atoms with Gasteiger partial charge < -0.3 is 14.1 Å². The lowest BCUT2D eigenvalue weighted by atomic mass is 9.98. The van der Waals surface area contributed by atoms with Gasteiger partial charge in [0.15, 0.2) is 11.5 Å². The Kier molecular flexibility index (Phi) is 3.66. The molecule has 24 heavy (non-hydrogen) atoms. The van der Waals surface area contributed by atoms with Crippen molar-refractivity contribution in [3.63, 3.8) is 0 Å². The first-order valence-electron chi connectivity index (χ1n) is 7.78. The average Bonchev–Trinajstić information content (AvgIpc) is 3.32. The molecule has 3 aromatic rings. The summed E-state index contributed by atoms with van der Waals surface area (Å²) in [5.74, 6) is 0.580. The van der Waals surface area contributed by atoms with Crippen molar-refractivity contribution in [3.8, 4) is 11.5 Å². The molecule has 0 unspecified atom stereocenters. The second kappa shape index (κ2) is 5.98. The number of fused-ring (bicyclic) bond motifs is 1. The van der Waals surface area contributed by atoms with Crippen molar-refractivity contribution in [1.29, 1.82) is 0 Å². The van der Waals surface area contributed by atoms with E-state index in [9.17, 15) is 4.79 Å². The molecule has 3 heterocycles. The first-order chi connectivity index (χ1) is 11.8. The van der Waals surface area contributed by atoms with Gasteiger partial charge in [0, 0.05) is 19.2 Å². The first-order valence-corrected chi connectivity index (χ1v) is 7.78. The Hall–Kier alpha value is -2.86. The van der Waals surface area contributed by atoms with Crippen LogP contribution in [-0.2, 0) is 4.74 Å². The van der Waals surface area contributed by atoms with Crippen molar-refractivity contribution in [3.05, 3.63) is 65.5 Å². The highest BCUT2D eigenvalue weighted by Crippen LogP contribution is 2.42. The Morgan fingerprint density at radius 3 is 2.79 bits per heavy atom. The molecule has 4 rings (SSSR count). The fourth-order valence-electron chi connectivity index (χ4n) is 3.20. The number of aromatic nitrogens is 2. The van der Waals surface area contributed by atoms with Crippen LogP contribution >= 0.6 is 0 Å². The van der Waals surface area contributed by atoms with Crippen molar-refractivity contribution in [2.45, 2.75) is 6.04 Å². The molecule has 1 aromatic carbocycles. The normalized spacial score (nSPS) is 16.6. The van der Waals surface area contributed by atoms with Gasteiger partial charge in [0.1, 0.15) is 5.69 Å². The third-order valence-corrected chi connectivity index (χ3v) is 4.27. The number of furan rings is 1. The lowest BCUT2D eigenvalue weighted by molar-refractivity contribution is 0.0677. The molecule has 1 amide bonds. The van der Waals surface area contributed by atoms with Crippen LogP contribution < -0.4 is 0 Å². The van der Waals surface area contributed by atoms with E-state index in [2.05, 4.69) is 10.2 Å². The van der Waals surface area contributed by atoms with Crippen LogP contribution in [0.5, 0.6) is 0 Å². The van der Waals surface area contributed by atoms with E-state index in [0.717, 1.165) is 16.8 Å². The number of benzene rings is 1. The van der Waals surface area contributed by atoms with E-state index in [1.54, 1.807) is 18.3 Å². The zero-order chi connectivity index (χ0) is 16.5. The molecule has 1 atom stereocenters. The maximum absolute atomic E-state index is 12.8. The fourth-order valence-corrected chi connectivity index (χ4v) is 3.20. The van der Waals surface area contributed by atoms with Crippen LogP contribution in [0.4, 0.5) is 0 Å². The number of aromatic amines is 1. The molecular weight excluding hydrogens is 306 g/mol. The molecule has 0 spiro atoms. The molecule has 0 bridgehead atoms. The second-order valence-corrected chi connectivity index (χ2v) is 5.64. The Labute approximate surface area is 139 Å². The van der Waals surface area contributed by atoms with Gasteiger partial charge in [0.2, 0.25) is 0 Å². The summed E-state index contributed by atoms with van der Waals surface area (Å²) in [6, 6.07) is 13.4. The predicted octanol–water partition coefficient (Wildman–Crippen LogP) is 2.86. The van der Waals surface area contributed by atoms with Gasteiger partial charge in [-0.15, -0.1) is 0 Å². The van der Waals surface area contributed by atoms with Gasteiger partial charge in [0.05, 0.1) is 18.9 Å². The standard InChI is InChI=1S/C18H17N3O3/c1-23-11-9-21-17(12-6-3-2-4-7-12)14-15(13-8-5-10-24-13)19-20-16(14)18(21)22/h2-8,10,17H,9,11H2,1H3,(H,19,20)/t17-/m1/s1. The zero-order valence-corrected chi connectivity index (χ0v) is 13.2. The lowest BCUT2D eigenvalue weighted by Gasteiger charge is -2.25. The number of carbonyl (C=O) groups excluding carboxylic acids is 1. The van der Waals surface area contributed by atoms with Crippen LogP contribution in [0.3, 0.4) is 0 Å². The first kappa shape index (κ1) is 14.7. The molecule has 2 aromatic heterocycles. The molecule has 6 heteroatoms. The SMILES string of the molecule is COCCN1C(=O)c2n[nH]c(-c3ccco3)c2[C@H]1c1ccccc1. The number of H-pyrrole nitrogens is 1. The number of amides is 1. The fraction of sp³-hybridized carbons (Fsp3) is 0.222. The summed E-state index contributed by atoms with van der Waals surface area (Å²) in [6.07, 6.45) is 1.61. The Morgan fingerprint density at radius 2 is 2.08 bits per heavy atom. The minimum Gasteiger partial charge on any atom is -0.463 e. The third-order valence-electron chi connectivity index (χ3n) is 4.27. The summed E-state index contributed by atoms with van der Waals surface area (Å²) >= 11 is 0. The third kappa shape index (κ3) is 2.23. The number of carbonyl (C=O) groups is 1. The van der Waals surface area contributed by atoms with Crippen molar-refractivity contribution in [2.24, 2.45) is 0 Å². The topological polar surface area (TPSA) is 71.4 Å². The molecule has 0 fully saturated rings. The van der Waals surface area contributed by atoms with Crippen LogP contribution in [0.1, 0.15) is 27.7 Å². The highest BCUT2D eigenvalue weighted by molar-refractivity contribution is 5.99. The van der Waals surface area contributed by atoms with Crippen LogP contribution in [0.15, 0.2) is 53.1 Å². The van der Waals surface area contributed by atoms with Gasteiger partial charge in [-0.3, -0.25) is 9.89 Å². The van der Waals surface area contributed by atoms with Crippen molar-refractivity contribution >= 4 is 5.91 Å². The molecule has 122 valence electrons. The molecule has 0 saturated heterocycles. The number of rotatable bonds is 5. The molecule has 1 aliphatic heterocycles. The minimum absolute atomic E-state index is 0.0926. The van der Waals surface area contributed by atoms with E-state index in [-0.39, 0.29) is 11.9 Å². The molecule has 0 saturated carbocycles. The van der Waals surface area contributed by atoms with Gasteiger partial charge >= 0.3 is 0 Å². The van der Waals surface area contributed by atoms with Gasteiger partial charge in [-0.25, -0.2) is 0 Å². The Balaban J connectivity index is 1.85. The molecule has 0 radical (unpaired) electrons. The van der Waals surface area contributed by atoms with Crippen LogP contribution in [-0.4, -0.2) is 41.3 Å². The number of ether oxygens (including phenoxy) is 1. The monoisotopic (exact) mass is 323 g/mol. The summed E-state index contributed by atoms with van der Waals surface area (Å²) in [4.78, 5) is 14.6. The maximum atomic E-state index is 12.8. The molecular formula is C18H17N3O3. The van der Waals surface area contributed by atoms with E-state index in [1.165, 1.54) is 0 Å². The number of hydrogen-bond donors (Lipinski definition) is 1. The highest BCUT2D eigenvalue weighted by Gasteiger charge is 2.42. The lowest BCUT2D eigenvalue weighted by Crippen LogP contribution is -2.32. The summed E-state index contributed by atoms with van der Waals surface area (Å²) in [7, 11) is 1.63. The maximum Gasteiger partial charge on any atom is 0.275 e. The molecule has 1 N–H and O–H groups in total. The average molecular weight is 323 g/mol. The summed E-state index contributed by atoms with van der Waals surface area (Å²) in [6.45, 7) is 0.974. The molecule has 1 aliphatic rings. The summed E-state index contributed by atoms with van der Waals surface area (Å²) in [5.41, 5.74) is 3.09. The number of hydrogen-bond acceptors (Lipinski definition) is 4. The van der Waals surface area contributed by atoms with E-state index in [1.807, 2.05) is 42.5 Å². The summed E-state index contributed by atoms with van der Waals surface area (Å²) < 4.78 is 10.7. The van der Waals surface area contributed by atoms with Gasteiger partial charge in [-0.2, -0.15) is 5.10 Å². The van der Waals surface area contributed by atoms with Crippen LogP contribution in [0.2, 0.25) is 0 Å². The van der Waals surface area contributed by atoms with E-state index >= 15 is 0 Å². The minimum atomic E-state index is -0.206. The highest BCUT2D eigenvalue weighted by atomic mass is 16.5. The number of nitrogens with one attached hydrogen (secondary N) is 1.